The molecule has 2 nitrogen and oxygen atoms in total. The van der Waals surface area contributed by atoms with Gasteiger partial charge in [-0.2, -0.15) is 0 Å². The molecule has 0 fully saturated rings. The third-order valence-corrected chi connectivity index (χ3v) is 4.07. The fourth-order valence-electron chi connectivity index (χ4n) is 2.45. The van der Waals surface area contributed by atoms with Crippen molar-refractivity contribution in [2.45, 2.75) is 33.6 Å². The van der Waals surface area contributed by atoms with Crippen LogP contribution in [0.5, 0.6) is 0 Å². The van der Waals surface area contributed by atoms with E-state index in [0.717, 1.165) is 24.1 Å². The van der Waals surface area contributed by atoms with E-state index < -0.39 is 0 Å². The van der Waals surface area contributed by atoms with Gasteiger partial charge in [-0.3, -0.25) is 4.79 Å². The van der Waals surface area contributed by atoms with E-state index >= 15 is 0 Å². The van der Waals surface area contributed by atoms with Gasteiger partial charge in [-0.1, -0.05) is 52.2 Å². The first-order valence-corrected chi connectivity index (χ1v) is 6.50. The van der Waals surface area contributed by atoms with E-state index in [0.29, 0.717) is 0 Å². The second-order valence-corrected chi connectivity index (χ2v) is 4.95. The Morgan fingerprint density at radius 1 is 1.33 bits per heavy atom. The summed E-state index contributed by atoms with van der Waals surface area (Å²) in [5, 5.41) is 2.92. The summed E-state index contributed by atoms with van der Waals surface area (Å²) in [6.07, 6.45) is 9.22. The standard InChI is InChI=1S/C16H23NO/c1-6-10-11-12-13(7-2)17-15(18)14(12)16(5,8-3)9-4/h6-7,10-11,14H,1-2,8-9H2,3-5H3,(H,17,18)/b11-10-. The Labute approximate surface area is 110 Å². The SMILES string of the molecule is C=C/C=C\C1=C(C=C)NC(=O)C1C(C)(CC)CC. The second-order valence-electron chi connectivity index (χ2n) is 4.95. The van der Waals surface area contributed by atoms with Crippen LogP contribution in [0.25, 0.3) is 0 Å². The van der Waals surface area contributed by atoms with Crippen molar-refractivity contribution in [2.24, 2.45) is 11.3 Å². The van der Waals surface area contributed by atoms with Crippen LogP contribution in [0, 0.1) is 11.3 Å². The molecule has 0 radical (unpaired) electrons. The highest BCUT2D eigenvalue weighted by atomic mass is 16.2. The molecule has 0 aromatic carbocycles. The second kappa shape index (κ2) is 5.85. The van der Waals surface area contributed by atoms with Gasteiger partial charge in [0.25, 0.3) is 0 Å². The molecule has 0 spiro atoms. The van der Waals surface area contributed by atoms with Crippen LogP contribution in [0.4, 0.5) is 0 Å². The Hall–Kier alpha value is -1.57. The van der Waals surface area contributed by atoms with Crippen LogP contribution in [0.2, 0.25) is 0 Å². The fourth-order valence-corrected chi connectivity index (χ4v) is 2.45. The normalized spacial score (nSPS) is 20.4. The average Bonchev–Trinajstić information content (AvgIpc) is 2.72. The summed E-state index contributed by atoms with van der Waals surface area (Å²) in [6.45, 7) is 13.9. The number of rotatable bonds is 6. The monoisotopic (exact) mass is 245 g/mol. The molecule has 1 aliphatic heterocycles. The van der Waals surface area contributed by atoms with E-state index in [1.54, 1.807) is 12.2 Å². The molecule has 1 rings (SSSR count). The topological polar surface area (TPSA) is 29.1 Å². The number of hydrogen-bond donors (Lipinski definition) is 1. The first-order valence-electron chi connectivity index (χ1n) is 6.50. The maximum Gasteiger partial charge on any atom is 0.232 e. The highest BCUT2D eigenvalue weighted by Gasteiger charge is 2.42. The predicted molar refractivity (Wildman–Crippen MR) is 76.9 cm³/mol. The maximum atomic E-state index is 12.2. The Morgan fingerprint density at radius 2 is 1.94 bits per heavy atom. The van der Waals surface area contributed by atoms with Crippen molar-refractivity contribution in [1.82, 2.24) is 5.32 Å². The van der Waals surface area contributed by atoms with Gasteiger partial charge in [0, 0.05) is 5.70 Å². The molecule has 0 bridgehead atoms. The summed E-state index contributed by atoms with van der Waals surface area (Å²) in [7, 11) is 0. The van der Waals surface area contributed by atoms with Crippen molar-refractivity contribution < 1.29 is 4.79 Å². The van der Waals surface area contributed by atoms with Gasteiger partial charge in [0.2, 0.25) is 5.91 Å². The van der Waals surface area contributed by atoms with Gasteiger partial charge >= 0.3 is 0 Å². The quantitative estimate of drug-likeness (QED) is 0.710. The third kappa shape index (κ3) is 2.47. The maximum absolute atomic E-state index is 12.2. The Balaban J connectivity index is 3.26. The zero-order chi connectivity index (χ0) is 13.8. The summed E-state index contributed by atoms with van der Waals surface area (Å²) < 4.78 is 0. The van der Waals surface area contributed by atoms with E-state index in [1.807, 2.05) is 12.2 Å². The Bertz CT molecular complexity index is 411. The Morgan fingerprint density at radius 3 is 2.39 bits per heavy atom. The van der Waals surface area contributed by atoms with E-state index in [9.17, 15) is 4.79 Å². The minimum absolute atomic E-state index is 0.0182. The molecule has 0 saturated carbocycles. The molecule has 1 amide bonds. The predicted octanol–water partition coefficient (Wildman–Crippen LogP) is 3.74. The molecule has 2 heteroatoms. The van der Waals surface area contributed by atoms with Gasteiger partial charge in [-0.25, -0.2) is 0 Å². The van der Waals surface area contributed by atoms with Crippen LogP contribution >= 0.6 is 0 Å². The zero-order valence-corrected chi connectivity index (χ0v) is 11.6. The van der Waals surface area contributed by atoms with Crippen LogP contribution in [0.1, 0.15) is 33.6 Å². The zero-order valence-electron chi connectivity index (χ0n) is 11.6. The summed E-state index contributed by atoms with van der Waals surface area (Å²) in [5.41, 5.74) is 1.84. The van der Waals surface area contributed by atoms with E-state index in [1.165, 1.54) is 0 Å². The number of nitrogens with one attached hydrogen (secondary N) is 1. The number of allylic oxidation sites excluding steroid dienone is 4. The third-order valence-electron chi connectivity index (χ3n) is 4.07. The molecule has 0 aliphatic carbocycles. The molecular weight excluding hydrogens is 222 g/mol. The van der Waals surface area contributed by atoms with Gasteiger partial charge in [0.1, 0.15) is 0 Å². The van der Waals surface area contributed by atoms with E-state index in [-0.39, 0.29) is 17.2 Å². The first kappa shape index (κ1) is 14.5. The number of hydrogen-bond acceptors (Lipinski definition) is 1. The molecule has 1 unspecified atom stereocenters. The van der Waals surface area contributed by atoms with Crippen LogP contribution in [0.15, 0.2) is 48.7 Å². The van der Waals surface area contributed by atoms with Crippen molar-refractivity contribution in [3.8, 4) is 0 Å². The Kier molecular flexibility index (Phi) is 4.71. The molecule has 18 heavy (non-hydrogen) atoms. The molecule has 1 aliphatic rings. The lowest BCUT2D eigenvalue weighted by Gasteiger charge is -2.33. The van der Waals surface area contributed by atoms with Gasteiger partial charge in [0.05, 0.1) is 5.92 Å². The number of carbonyl (C=O) groups is 1. The molecule has 0 aromatic heterocycles. The van der Waals surface area contributed by atoms with Crippen LogP contribution < -0.4 is 5.32 Å². The van der Waals surface area contributed by atoms with Crippen molar-refractivity contribution in [3.63, 3.8) is 0 Å². The van der Waals surface area contributed by atoms with E-state index in [4.69, 9.17) is 0 Å². The minimum Gasteiger partial charge on any atom is -0.325 e. The van der Waals surface area contributed by atoms with Crippen molar-refractivity contribution >= 4 is 5.91 Å². The van der Waals surface area contributed by atoms with Crippen LogP contribution in [0.3, 0.4) is 0 Å². The van der Waals surface area contributed by atoms with Crippen LogP contribution in [-0.4, -0.2) is 5.91 Å². The number of amides is 1. The summed E-state index contributed by atoms with van der Waals surface area (Å²) in [5.74, 6) is -0.0171. The van der Waals surface area contributed by atoms with Gasteiger partial charge in [-0.05, 0) is 29.9 Å². The van der Waals surface area contributed by atoms with Crippen molar-refractivity contribution in [3.05, 3.63) is 48.7 Å². The lowest BCUT2D eigenvalue weighted by atomic mass is 9.70. The lowest BCUT2D eigenvalue weighted by Crippen LogP contribution is -2.34. The smallest absolute Gasteiger partial charge is 0.232 e. The first-order chi connectivity index (χ1) is 8.53. The van der Waals surface area contributed by atoms with Crippen molar-refractivity contribution in [2.75, 3.05) is 0 Å². The molecule has 98 valence electrons. The molecule has 1 N–H and O–H groups in total. The highest BCUT2D eigenvalue weighted by molar-refractivity contribution is 5.89. The summed E-state index contributed by atoms with van der Waals surface area (Å²) in [4.78, 5) is 12.2. The van der Waals surface area contributed by atoms with Crippen molar-refractivity contribution in [1.29, 1.82) is 0 Å². The summed E-state index contributed by atoms with van der Waals surface area (Å²) >= 11 is 0. The van der Waals surface area contributed by atoms with Crippen LogP contribution in [-0.2, 0) is 4.79 Å². The molecule has 1 heterocycles. The average molecular weight is 245 g/mol. The lowest BCUT2D eigenvalue weighted by molar-refractivity contribution is -0.125. The van der Waals surface area contributed by atoms with Gasteiger partial charge in [0.15, 0.2) is 0 Å². The van der Waals surface area contributed by atoms with Gasteiger partial charge < -0.3 is 5.32 Å². The van der Waals surface area contributed by atoms with Gasteiger partial charge in [-0.15, -0.1) is 0 Å². The molecule has 1 atom stereocenters. The summed E-state index contributed by atoms with van der Waals surface area (Å²) in [6, 6.07) is 0. The minimum atomic E-state index is -0.100. The molecule has 0 saturated heterocycles. The fraction of sp³-hybridized carbons (Fsp3) is 0.438. The van der Waals surface area contributed by atoms with E-state index in [2.05, 4.69) is 39.2 Å². The number of carbonyl (C=O) groups excluding carboxylic acids is 1. The highest BCUT2D eigenvalue weighted by Crippen LogP contribution is 2.43. The molecular formula is C16H23NO. The largest absolute Gasteiger partial charge is 0.325 e. The molecule has 0 aromatic rings.